The average Bonchev–Trinajstić information content (AvgIpc) is 2.70. The first-order chi connectivity index (χ1) is 13.8. The van der Waals surface area contributed by atoms with Crippen LogP contribution in [-0.2, 0) is 19.6 Å². The number of anilines is 1. The van der Waals surface area contributed by atoms with Crippen LogP contribution >= 0.6 is 0 Å². The van der Waals surface area contributed by atoms with E-state index in [0.717, 1.165) is 4.31 Å². The van der Waals surface area contributed by atoms with E-state index >= 15 is 0 Å². The molecule has 152 valence electrons. The number of rotatable bonds is 6. The van der Waals surface area contributed by atoms with Gasteiger partial charge in [0, 0.05) is 24.3 Å². The topological polar surface area (TPSA) is 139 Å². The van der Waals surface area contributed by atoms with Gasteiger partial charge in [0.15, 0.2) is 0 Å². The number of primary amides is 1. The lowest BCUT2D eigenvalue weighted by Crippen LogP contribution is -2.57. The number of hydrogen-bond acceptors (Lipinski definition) is 5. The molecule has 3 rings (SSSR count). The molecule has 1 heterocycles. The maximum Gasteiger partial charge on any atom is 0.248 e. The van der Waals surface area contributed by atoms with Crippen LogP contribution in [0.3, 0.4) is 0 Å². The minimum Gasteiger partial charge on any atom is -0.366 e. The number of piperazine rings is 1. The number of amides is 3. The van der Waals surface area contributed by atoms with Crippen LogP contribution < -0.4 is 16.4 Å². The summed E-state index contributed by atoms with van der Waals surface area (Å²) < 4.78 is 27.0. The van der Waals surface area contributed by atoms with E-state index in [0.29, 0.717) is 5.69 Å². The van der Waals surface area contributed by atoms with Gasteiger partial charge in [-0.2, -0.15) is 4.31 Å². The van der Waals surface area contributed by atoms with Crippen LogP contribution in [0.2, 0.25) is 0 Å². The largest absolute Gasteiger partial charge is 0.366 e. The molecular formula is C19H20N4O5S. The van der Waals surface area contributed by atoms with E-state index in [1.807, 2.05) is 0 Å². The molecule has 2 aromatic rings. The Kier molecular flexibility index (Phi) is 5.95. The van der Waals surface area contributed by atoms with Crippen LogP contribution in [0, 0.1) is 0 Å². The predicted octanol–water partition coefficient (Wildman–Crippen LogP) is 0.303. The number of carbonyl (C=O) groups excluding carboxylic acids is 3. The zero-order chi connectivity index (χ0) is 21.0. The molecule has 9 nitrogen and oxygen atoms in total. The molecule has 0 unspecified atom stereocenters. The van der Waals surface area contributed by atoms with Crippen molar-refractivity contribution in [3.05, 3.63) is 60.2 Å². The fourth-order valence-corrected chi connectivity index (χ4v) is 4.62. The van der Waals surface area contributed by atoms with E-state index in [2.05, 4.69) is 10.6 Å². The quantitative estimate of drug-likeness (QED) is 0.622. The Morgan fingerprint density at radius 1 is 1.10 bits per heavy atom. The van der Waals surface area contributed by atoms with Gasteiger partial charge in [0.05, 0.1) is 11.3 Å². The van der Waals surface area contributed by atoms with Crippen LogP contribution in [0.1, 0.15) is 16.8 Å². The van der Waals surface area contributed by atoms with Gasteiger partial charge < -0.3 is 16.4 Å². The second kappa shape index (κ2) is 8.41. The molecule has 0 aromatic heterocycles. The maximum absolute atomic E-state index is 13.0. The summed E-state index contributed by atoms with van der Waals surface area (Å²) in [6.07, 6.45) is -0.352. The SMILES string of the molecule is NC(=O)c1ccc(NC(=O)C[C@@H]2C(=O)NCCN2S(=O)(=O)c2ccccc2)cc1. The fraction of sp³-hybridized carbons (Fsp3) is 0.211. The molecule has 1 saturated heterocycles. The van der Waals surface area contributed by atoms with Crippen LogP contribution in [0.25, 0.3) is 0 Å². The van der Waals surface area contributed by atoms with E-state index in [1.54, 1.807) is 18.2 Å². The van der Waals surface area contributed by atoms with Crippen molar-refractivity contribution in [2.24, 2.45) is 5.73 Å². The normalized spacial score (nSPS) is 17.4. The van der Waals surface area contributed by atoms with E-state index in [4.69, 9.17) is 5.73 Å². The molecule has 1 aliphatic heterocycles. The van der Waals surface area contributed by atoms with Gasteiger partial charge in [-0.1, -0.05) is 18.2 Å². The second-order valence-electron chi connectivity index (χ2n) is 6.43. The van der Waals surface area contributed by atoms with E-state index in [1.165, 1.54) is 36.4 Å². The van der Waals surface area contributed by atoms with Crippen LogP contribution in [0.5, 0.6) is 0 Å². The minimum absolute atomic E-state index is 0.0575. The van der Waals surface area contributed by atoms with Crippen molar-refractivity contribution in [1.29, 1.82) is 0 Å². The molecule has 3 amide bonds. The third kappa shape index (κ3) is 4.61. The number of benzene rings is 2. The first-order valence-electron chi connectivity index (χ1n) is 8.83. The predicted molar refractivity (Wildman–Crippen MR) is 105 cm³/mol. The first-order valence-corrected chi connectivity index (χ1v) is 10.3. The van der Waals surface area contributed by atoms with Gasteiger partial charge in [0.25, 0.3) is 0 Å². The Morgan fingerprint density at radius 2 is 1.76 bits per heavy atom. The lowest BCUT2D eigenvalue weighted by atomic mass is 10.1. The van der Waals surface area contributed by atoms with Crippen molar-refractivity contribution in [2.45, 2.75) is 17.4 Å². The summed E-state index contributed by atoms with van der Waals surface area (Å²) in [5, 5.41) is 5.19. The third-order valence-corrected chi connectivity index (χ3v) is 6.39. The molecule has 10 heteroatoms. The fourth-order valence-electron chi connectivity index (χ4n) is 3.01. The van der Waals surface area contributed by atoms with Gasteiger partial charge in [-0.25, -0.2) is 8.42 Å². The highest BCUT2D eigenvalue weighted by Gasteiger charge is 2.39. The Hall–Kier alpha value is -3.24. The number of nitrogens with one attached hydrogen (secondary N) is 2. The maximum atomic E-state index is 13.0. The highest BCUT2D eigenvalue weighted by molar-refractivity contribution is 7.89. The highest BCUT2D eigenvalue weighted by atomic mass is 32.2. The lowest BCUT2D eigenvalue weighted by Gasteiger charge is -2.33. The molecule has 1 aliphatic rings. The third-order valence-electron chi connectivity index (χ3n) is 4.46. The average molecular weight is 416 g/mol. The molecule has 1 fully saturated rings. The molecule has 0 aliphatic carbocycles. The van der Waals surface area contributed by atoms with Gasteiger partial charge >= 0.3 is 0 Å². The molecule has 29 heavy (non-hydrogen) atoms. The Bertz CT molecular complexity index is 1020. The first kappa shape index (κ1) is 20.5. The standard InChI is InChI=1S/C19H20N4O5S/c20-18(25)13-6-8-14(9-7-13)22-17(24)12-16-19(26)21-10-11-23(16)29(27,28)15-4-2-1-3-5-15/h1-9,16H,10-12H2,(H2,20,25)(H,21,26)(H,22,24)/t16-/m1/s1. The molecule has 1 atom stereocenters. The van der Waals surface area contributed by atoms with E-state index < -0.39 is 33.8 Å². The summed E-state index contributed by atoms with van der Waals surface area (Å²) in [4.78, 5) is 36.0. The van der Waals surface area contributed by atoms with E-state index in [-0.39, 0.29) is 30.0 Å². The Balaban J connectivity index is 1.76. The monoisotopic (exact) mass is 416 g/mol. The number of hydrogen-bond donors (Lipinski definition) is 3. The number of nitrogens with two attached hydrogens (primary N) is 1. The van der Waals surface area contributed by atoms with Crippen molar-refractivity contribution in [3.8, 4) is 0 Å². The minimum atomic E-state index is -3.94. The van der Waals surface area contributed by atoms with Crippen LogP contribution in [0.15, 0.2) is 59.5 Å². The molecular weight excluding hydrogens is 396 g/mol. The Labute approximate surface area is 167 Å². The molecule has 0 radical (unpaired) electrons. The summed E-state index contributed by atoms with van der Waals surface area (Å²) in [6, 6.07) is 12.5. The number of nitrogens with zero attached hydrogens (tertiary/aromatic N) is 1. The summed E-state index contributed by atoms with van der Waals surface area (Å²) in [6.45, 7) is 0.228. The lowest BCUT2D eigenvalue weighted by molar-refractivity contribution is -0.130. The van der Waals surface area contributed by atoms with Crippen LogP contribution in [0.4, 0.5) is 5.69 Å². The number of carbonyl (C=O) groups is 3. The van der Waals surface area contributed by atoms with Crippen molar-refractivity contribution in [3.63, 3.8) is 0 Å². The molecule has 4 N–H and O–H groups in total. The summed E-state index contributed by atoms with van der Waals surface area (Å²) in [7, 11) is -3.94. The number of sulfonamides is 1. The molecule has 2 aromatic carbocycles. The van der Waals surface area contributed by atoms with Gasteiger partial charge in [0.2, 0.25) is 27.7 Å². The van der Waals surface area contributed by atoms with Crippen molar-refractivity contribution in [1.82, 2.24) is 9.62 Å². The zero-order valence-electron chi connectivity index (χ0n) is 15.4. The van der Waals surface area contributed by atoms with Crippen molar-refractivity contribution in [2.75, 3.05) is 18.4 Å². The summed E-state index contributed by atoms with van der Waals surface area (Å²) in [5.74, 6) is -1.66. The second-order valence-corrected chi connectivity index (χ2v) is 8.32. The van der Waals surface area contributed by atoms with Crippen LogP contribution in [-0.4, -0.2) is 49.6 Å². The van der Waals surface area contributed by atoms with Crippen molar-refractivity contribution >= 4 is 33.4 Å². The molecule has 0 spiro atoms. The summed E-state index contributed by atoms with van der Waals surface area (Å²) in [5.41, 5.74) is 5.86. The zero-order valence-corrected chi connectivity index (χ0v) is 16.2. The Morgan fingerprint density at radius 3 is 2.38 bits per heavy atom. The highest BCUT2D eigenvalue weighted by Crippen LogP contribution is 2.22. The van der Waals surface area contributed by atoms with Gasteiger partial charge in [-0.15, -0.1) is 0 Å². The molecule has 0 bridgehead atoms. The van der Waals surface area contributed by atoms with E-state index in [9.17, 15) is 22.8 Å². The summed E-state index contributed by atoms with van der Waals surface area (Å²) >= 11 is 0. The van der Waals surface area contributed by atoms with Gasteiger partial charge in [0.1, 0.15) is 6.04 Å². The smallest absolute Gasteiger partial charge is 0.248 e. The molecule has 0 saturated carbocycles. The van der Waals surface area contributed by atoms with Gasteiger partial charge in [-0.05, 0) is 36.4 Å². The van der Waals surface area contributed by atoms with Crippen molar-refractivity contribution < 1.29 is 22.8 Å². The van der Waals surface area contributed by atoms with Gasteiger partial charge in [-0.3, -0.25) is 14.4 Å².